The average molecular weight is 329 g/mol. The van der Waals surface area contributed by atoms with Crippen LogP contribution >= 0.6 is 0 Å². The maximum Gasteiger partial charge on any atom is 0.267 e. The van der Waals surface area contributed by atoms with Crippen LogP contribution in [0.5, 0.6) is 0 Å². The van der Waals surface area contributed by atoms with Crippen LogP contribution in [-0.4, -0.2) is 27.4 Å². The normalized spacial score (nSPS) is 14.1. The largest absolute Gasteiger partial charge is 0.383 e. The van der Waals surface area contributed by atoms with Gasteiger partial charge in [-0.05, 0) is 39.3 Å². The first-order chi connectivity index (χ1) is 11.4. The third kappa shape index (κ3) is 4.34. The molecule has 7 heteroatoms. The predicted molar refractivity (Wildman–Crippen MR) is 93.7 cm³/mol. The van der Waals surface area contributed by atoms with Crippen molar-refractivity contribution in [2.75, 3.05) is 5.32 Å². The van der Waals surface area contributed by atoms with E-state index in [1.54, 1.807) is 30.2 Å². The lowest BCUT2D eigenvalue weighted by Gasteiger charge is -2.15. The second-order valence-corrected chi connectivity index (χ2v) is 5.76. The molecule has 128 valence electrons. The number of amidine groups is 1. The second-order valence-electron chi connectivity index (χ2n) is 5.76. The van der Waals surface area contributed by atoms with E-state index in [4.69, 9.17) is 10.6 Å². The van der Waals surface area contributed by atoms with Crippen molar-refractivity contribution < 1.29 is 9.63 Å². The molecule has 0 bridgehead atoms. The van der Waals surface area contributed by atoms with Crippen LogP contribution in [0.1, 0.15) is 31.0 Å². The number of aryl methyl sites for hydroxylation is 2. The standard InChI is InChI=1S/C17H23N5O2/c1-11-5-6-15(12(2)9-11)20-17(23)14(4)24-21-16(18)13(3)22-8-7-19-10-22/h5-10,13-14H,1-4H3,(H2,18,21)(H,20,23)/t13-,14-/m1/s1. The van der Waals surface area contributed by atoms with Gasteiger partial charge in [0.05, 0.1) is 12.4 Å². The number of carbonyl (C=O) groups is 1. The number of oxime groups is 1. The van der Waals surface area contributed by atoms with Gasteiger partial charge in [0.1, 0.15) is 0 Å². The molecule has 2 atom stereocenters. The molecule has 0 radical (unpaired) electrons. The smallest absolute Gasteiger partial charge is 0.267 e. The molecule has 0 saturated heterocycles. The Morgan fingerprint density at radius 3 is 2.75 bits per heavy atom. The topological polar surface area (TPSA) is 94.5 Å². The van der Waals surface area contributed by atoms with E-state index < -0.39 is 6.10 Å². The summed E-state index contributed by atoms with van der Waals surface area (Å²) in [7, 11) is 0. The fourth-order valence-electron chi connectivity index (χ4n) is 2.10. The van der Waals surface area contributed by atoms with Gasteiger partial charge in [0.2, 0.25) is 6.10 Å². The number of nitrogens with two attached hydrogens (primary N) is 1. The van der Waals surface area contributed by atoms with Crippen molar-refractivity contribution in [2.24, 2.45) is 10.9 Å². The predicted octanol–water partition coefficient (Wildman–Crippen LogP) is 2.38. The monoisotopic (exact) mass is 329 g/mol. The van der Waals surface area contributed by atoms with E-state index >= 15 is 0 Å². The molecule has 0 unspecified atom stereocenters. The molecule has 0 fully saturated rings. The number of nitrogens with zero attached hydrogens (tertiary/aromatic N) is 3. The Balaban J connectivity index is 1.94. The van der Waals surface area contributed by atoms with Gasteiger partial charge in [-0.15, -0.1) is 0 Å². The third-order valence-electron chi connectivity index (χ3n) is 3.73. The van der Waals surface area contributed by atoms with Gasteiger partial charge >= 0.3 is 0 Å². The van der Waals surface area contributed by atoms with Crippen LogP contribution in [0.2, 0.25) is 0 Å². The second kappa shape index (κ2) is 7.63. The molecule has 2 aromatic rings. The lowest BCUT2D eigenvalue weighted by Crippen LogP contribution is -2.29. The van der Waals surface area contributed by atoms with E-state index in [9.17, 15) is 4.79 Å². The fraction of sp³-hybridized carbons (Fsp3) is 0.353. The van der Waals surface area contributed by atoms with Crippen molar-refractivity contribution in [3.05, 3.63) is 48.0 Å². The number of hydrogen-bond acceptors (Lipinski definition) is 4. The average Bonchev–Trinajstić information content (AvgIpc) is 3.08. The summed E-state index contributed by atoms with van der Waals surface area (Å²) in [6.07, 6.45) is 4.32. The Morgan fingerprint density at radius 1 is 1.38 bits per heavy atom. The molecule has 1 amide bonds. The highest BCUT2D eigenvalue weighted by atomic mass is 16.6. The SMILES string of the molecule is Cc1ccc(NC(=O)[C@@H](C)O/N=C(\N)[C@@H](C)n2ccnc2)c(C)c1. The van der Waals surface area contributed by atoms with Crippen molar-refractivity contribution in [3.8, 4) is 0 Å². The van der Waals surface area contributed by atoms with Crippen molar-refractivity contribution in [3.63, 3.8) is 0 Å². The minimum absolute atomic E-state index is 0.206. The van der Waals surface area contributed by atoms with Crippen molar-refractivity contribution in [1.82, 2.24) is 9.55 Å². The van der Waals surface area contributed by atoms with Gasteiger partial charge in [0.25, 0.3) is 5.91 Å². The molecule has 0 aliphatic carbocycles. The van der Waals surface area contributed by atoms with Gasteiger partial charge in [-0.1, -0.05) is 22.9 Å². The van der Waals surface area contributed by atoms with Crippen molar-refractivity contribution in [1.29, 1.82) is 0 Å². The van der Waals surface area contributed by atoms with Gasteiger partial charge < -0.3 is 20.5 Å². The minimum Gasteiger partial charge on any atom is -0.383 e. The van der Waals surface area contributed by atoms with Gasteiger partial charge in [-0.25, -0.2) is 4.98 Å². The van der Waals surface area contributed by atoms with E-state index in [2.05, 4.69) is 15.5 Å². The zero-order valence-corrected chi connectivity index (χ0v) is 14.4. The molecule has 0 saturated carbocycles. The van der Waals surface area contributed by atoms with Crippen LogP contribution < -0.4 is 11.1 Å². The Hall–Kier alpha value is -2.83. The van der Waals surface area contributed by atoms with Gasteiger partial charge in [0, 0.05) is 18.1 Å². The van der Waals surface area contributed by atoms with Crippen LogP contribution in [0.25, 0.3) is 0 Å². The molecule has 24 heavy (non-hydrogen) atoms. The summed E-state index contributed by atoms with van der Waals surface area (Å²) in [6.45, 7) is 7.43. The zero-order chi connectivity index (χ0) is 17.7. The first-order valence-electron chi connectivity index (χ1n) is 7.73. The Kier molecular flexibility index (Phi) is 5.57. The number of rotatable bonds is 6. The highest BCUT2D eigenvalue weighted by Crippen LogP contribution is 2.16. The number of imidazole rings is 1. The number of carbonyl (C=O) groups excluding carboxylic acids is 1. The summed E-state index contributed by atoms with van der Waals surface area (Å²) < 4.78 is 1.79. The van der Waals surface area contributed by atoms with Crippen molar-refractivity contribution >= 4 is 17.4 Å². The number of anilines is 1. The number of hydrogen-bond donors (Lipinski definition) is 2. The molecular formula is C17H23N5O2. The molecule has 1 heterocycles. The Bertz CT molecular complexity index is 725. The summed E-state index contributed by atoms with van der Waals surface area (Å²) in [5.74, 6) is -0.0204. The van der Waals surface area contributed by atoms with Crippen LogP contribution in [-0.2, 0) is 9.63 Å². The number of nitrogens with one attached hydrogen (secondary N) is 1. The molecule has 0 aliphatic heterocycles. The van der Waals surface area contributed by atoms with E-state index in [0.717, 1.165) is 16.8 Å². The Morgan fingerprint density at radius 2 is 2.12 bits per heavy atom. The first kappa shape index (κ1) is 17.5. The quantitative estimate of drug-likeness (QED) is 0.483. The van der Waals surface area contributed by atoms with Crippen LogP contribution in [0, 0.1) is 13.8 Å². The summed E-state index contributed by atoms with van der Waals surface area (Å²) in [5, 5.41) is 6.69. The van der Waals surface area contributed by atoms with Crippen LogP contribution in [0.4, 0.5) is 5.69 Å². The van der Waals surface area contributed by atoms with E-state index in [1.165, 1.54) is 0 Å². The molecule has 0 aliphatic rings. The Labute approximate surface area is 141 Å². The maximum atomic E-state index is 12.2. The molecule has 0 spiro atoms. The summed E-state index contributed by atoms with van der Waals surface area (Å²) in [6, 6.07) is 5.61. The van der Waals surface area contributed by atoms with Crippen LogP contribution in [0.3, 0.4) is 0 Å². The number of amides is 1. The van der Waals surface area contributed by atoms with E-state index in [0.29, 0.717) is 0 Å². The molecule has 2 rings (SSSR count). The maximum absolute atomic E-state index is 12.2. The highest BCUT2D eigenvalue weighted by Gasteiger charge is 2.16. The molecule has 3 N–H and O–H groups in total. The first-order valence-corrected chi connectivity index (χ1v) is 7.73. The van der Waals surface area contributed by atoms with E-state index in [1.807, 2.05) is 39.0 Å². The fourth-order valence-corrected chi connectivity index (χ4v) is 2.10. The van der Waals surface area contributed by atoms with Gasteiger partial charge in [0.15, 0.2) is 5.84 Å². The molecular weight excluding hydrogens is 306 g/mol. The van der Waals surface area contributed by atoms with Gasteiger partial charge in [-0.2, -0.15) is 0 Å². The van der Waals surface area contributed by atoms with Crippen LogP contribution in [0.15, 0.2) is 42.1 Å². The summed E-state index contributed by atoms with van der Waals surface area (Å²) >= 11 is 0. The third-order valence-corrected chi connectivity index (χ3v) is 3.73. The minimum atomic E-state index is -0.765. The molecule has 1 aromatic heterocycles. The molecule has 7 nitrogen and oxygen atoms in total. The zero-order valence-electron chi connectivity index (χ0n) is 14.4. The summed E-state index contributed by atoms with van der Waals surface area (Å²) in [5.41, 5.74) is 8.78. The number of aromatic nitrogens is 2. The van der Waals surface area contributed by atoms with Crippen molar-refractivity contribution in [2.45, 2.75) is 39.8 Å². The lowest BCUT2D eigenvalue weighted by atomic mass is 10.1. The lowest BCUT2D eigenvalue weighted by molar-refractivity contribution is -0.126. The molecule has 1 aromatic carbocycles. The van der Waals surface area contributed by atoms with Gasteiger partial charge in [-0.3, -0.25) is 4.79 Å². The van der Waals surface area contributed by atoms with E-state index in [-0.39, 0.29) is 17.8 Å². The summed E-state index contributed by atoms with van der Waals surface area (Å²) in [4.78, 5) is 21.4. The number of benzene rings is 1. The highest BCUT2D eigenvalue weighted by molar-refractivity contribution is 5.94.